The summed E-state index contributed by atoms with van der Waals surface area (Å²) < 4.78 is 5.84. The third-order valence-corrected chi connectivity index (χ3v) is 5.32. The van der Waals surface area contributed by atoms with Crippen LogP contribution in [0.2, 0.25) is 0 Å². The van der Waals surface area contributed by atoms with Crippen LogP contribution in [0, 0.1) is 0 Å². The molecule has 5 rings (SSSR count). The van der Waals surface area contributed by atoms with E-state index in [1.54, 1.807) is 11.3 Å². The Morgan fingerprint density at radius 3 is 2.96 bits per heavy atom. The summed E-state index contributed by atoms with van der Waals surface area (Å²) in [5, 5.41) is 2.06. The Morgan fingerprint density at radius 2 is 2.08 bits per heavy atom. The Hall–Kier alpha value is -2.57. The summed E-state index contributed by atoms with van der Waals surface area (Å²) in [5.74, 6) is 1.60. The molecule has 0 atom stereocenters. The molecule has 124 valence electrons. The first-order chi connectivity index (χ1) is 12.3. The van der Waals surface area contributed by atoms with Gasteiger partial charge in [0.1, 0.15) is 5.52 Å². The SMILES string of the molecule is c1csc(-c2ncc3c(n2)CCN(Cc2nc4ccccc4o2)C3)c1. The summed E-state index contributed by atoms with van der Waals surface area (Å²) in [6.07, 6.45) is 2.89. The first kappa shape index (κ1) is 14.7. The van der Waals surface area contributed by atoms with E-state index in [9.17, 15) is 0 Å². The Kier molecular flexibility index (Phi) is 3.57. The predicted octanol–water partition coefficient (Wildman–Crippen LogP) is 3.90. The van der Waals surface area contributed by atoms with Gasteiger partial charge in [0, 0.05) is 31.3 Å². The minimum Gasteiger partial charge on any atom is -0.439 e. The molecular weight excluding hydrogens is 332 g/mol. The van der Waals surface area contributed by atoms with Gasteiger partial charge >= 0.3 is 0 Å². The molecule has 1 aliphatic rings. The zero-order chi connectivity index (χ0) is 16.6. The van der Waals surface area contributed by atoms with E-state index >= 15 is 0 Å². The topological polar surface area (TPSA) is 55.1 Å². The highest BCUT2D eigenvalue weighted by molar-refractivity contribution is 7.13. The van der Waals surface area contributed by atoms with Crippen LogP contribution in [0.4, 0.5) is 0 Å². The maximum absolute atomic E-state index is 5.84. The van der Waals surface area contributed by atoms with Crippen LogP contribution in [0.1, 0.15) is 17.1 Å². The van der Waals surface area contributed by atoms with Crippen LogP contribution in [0.5, 0.6) is 0 Å². The molecule has 4 heterocycles. The summed E-state index contributed by atoms with van der Waals surface area (Å²) in [4.78, 5) is 17.3. The number of fused-ring (bicyclic) bond motifs is 2. The third kappa shape index (κ3) is 2.83. The molecule has 1 aromatic carbocycles. The fourth-order valence-electron chi connectivity index (χ4n) is 3.21. The lowest BCUT2D eigenvalue weighted by molar-refractivity contribution is 0.221. The van der Waals surface area contributed by atoms with Gasteiger partial charge in [0.05, 0.1) is 17.1 Å². The second kappa shape index (κ2) is 6.06. The second-order valence-electron chi connectivity index (χ2n) is 6.18. The zero-order valence-electron chi connectivity index (χ0n) is 13.6. The molecule has 25 heavy (non-hydrogen) atoms. The van der Waals surface area contributed by atoms with Crippen LogP contribution in [0.25, 0.3) is 21.8 Å². The first-order valence-electron chi connectivity index (χ1n) is 8.31. The molecule has 0 spiro atoms. The van der Waals surface area contributed by atoms with Crippen molar-refractivity contribution in [1.82, 2.24) is 19.9 Å². The van der Waals surface area contributed by atoms with E-state index < -0.39 is 0 Å². The van der Waals surface area contributed by atoms with E-state index in [-0.39, 0.29) is 0 Å². The van der Waals surface area contributed by atoms with E-state index in [1.807, 2.05) is 36.5 Å². The summed E-state index contributed by atoms with van der Waals surface area (Å²) in [5.41, 5.74) is 4.12. The van der Waals surface area contributed by atoms with Gasteiger partial charge < -0.3 is 4.42 Å². The van der Waals surface area contributed by atoms with Gasteiger partial charge in [-0.15, -0.1) is 11.3 Å². The molecule has 5 nitrogen and oxygen atoms in total. The Balaban J connectivity index is 1.35. The van der Waals surface area contributed by atoms with Crippen molar-refractivity contribution in [1.29, 1.82) is 0 Å². The Morgan fingerprint density at radius 1 is 1.12 bits per heavy atom. The monoisotopic (exact) mass is 348 g/mol. The number of hydrogen-bond acceptors (Lipinski definition) is 6. The van der Waals surface area contributed by atoms with E-state index in [4.69, 9.17) is 9.40 Å². The van der Waals surface area contributed by atoms with E-state index in [0.717, 1.165) is 52.9 Å². The molecule has 0 bridgehead atoms. The number of thiophene rings is 1. The molecule has 6 heteroatoms. The number of oxazole rings is 1. The maximum Gasteiger partial charge on any atom is 0.209 e. The smallest absolute Gasteiger partial charge is 0.209 e. The van der Waals surface area contributed by atoms with Crippen LogP contribution in [-0.2, 0) is 19.5 Å². The minimum absolute atomic E-state index is 0.709. The molecular formula is C19H16N4OS. The summed E-state index contributed by atoms with van der Waals surface area (Å²) >= 11 is 1.67. The van der Waals surface area contributed by atoms with Crippen LogP contribution in [0.3, 0.4) is 0 Å². The van der Waals surface area contributed by atoms with Gasteiger partial charge in [-0.25, -0.2) is 15.0 Å². The molecule has 4 aromatic rings. The highest BCUT2D eigenvalue weighted by Crippen LogP contribution is 2.25. The van der Waals surface area contributed by atoms with Crippen LogP contribution < -0.4 is 0 Å². The molecule has 1 aliphatic heterocycles. The minimum atomic E-state index is 0.709. The predicted molar refractivity (Wildman–Crippen MR) is 97.2 cm³/mol. The Bertz CT molecular complexity index is 992. The van der Waals surface area contributed by atoms with Gasteiger partial charge in [0.15, 0.2) is 11.4 Å². The molecule has 0 radical (unpaired) electrons. The maximum atomic E-state index is 5.84. The number of nitrogens with zero attached hydrogens (tertiary/aromatic N) is 4. The number of aromatic nitrogens is 3. The van der Waals surface area contributed by atoms with E-state index in [0.29, 0.717) is 6.54 Å². The van der Waals surface area contributed by atoms with E-state index in [2.05, 4.69) is 26.3 Å². The van der Waals surface area contributed by atoms with Gasteiger partial charge in [-0.3, -0.25) is 4.90 Å². The van der Waals surface area contributed by atoms with Gasteiger partial charge in [-0.1, -0.05) is 18.2 Å². The van der Waals surface area contributed by atoms with Crippen molar-refractivity contribution in [3.8, 4) is 10.7 Å². The van der Waals surface area contributed by atoms with Gasteiger partial charge in [-0.2, -0.15) is 0 Å². The van der Waals surface area contributed by atoms with Gasteiger partial charge in [0.25, 0.3) is 0 Å². The van der Waals surface area contributed by atoms with Crippen LogP contribution >= 0.6 is 11.3 Å². The van der Waals surface area contributed by atoms with Crippen LogP contribution in [-0.4, -0.2) is 26.4 Å². The van der Waals surface area contributed by atoms with Crippen molar-refractivity contribution in [3.05, 3.63) is 65.1 Å². The second-order valence-corrected chi connectivity index (χ2v) is 7.13. The number of benzene rings is 1. The number of hydrogen-bond donors (Lipinski definition) is 0. The third-order valence-electron chi connectivity index (χ3n) is 4.45. The van der Waals surface area contributed by atoms with Crippen LogP contribution in [0.15, 0.2) is 52.4 Å². The molecule has 0 N–H and O–H groups in total. The quantitative estimate of drug-likeness (QED) is 0.562. The average Bonchev–Trinajstić information content (AvgIpc) is 3.30. The lowest BCUT2D eigenvalue weighted by Crippen LogP contribution is -2.31. The van der Waals surface area contributed by atoms with Crippen molar-refractivity contribution >= 4 is 22.4 Å². The van der Waals surface area contributed by atoms with Crippen molar-refractivity contribution in [2.45, 2.75) is 19.5 Å². The van der Waals surface area contributed by atoms with Crippen molar-refractivity contribution < 1.29 is 4.42 Å². The lowest BCUT2D eigenvalue weighted by Gasteiger charge is -2.26. The summed E-state index contributed by atoms with van der Waals surface area (Å²) in [7, 11) is 0. The fraction of sp³-hybridized carbons (Fsp3) is 0.211. The normalized spacial score (nSPS) is 14.7. The number of para-hydroxylation sites is 2. The van der Waals surface area contributed by atoms with E-state index in [1.165, 1.54) is 5.56 Å². The van der Waals surface area contributed by atoms with Crippen molar-refractivity contribution in [3.63, 3.8) is 0 Å². The highest BCUT2D eigenvalue weighted by Gasteiger charge is 2.20. The highest BCUT2D eigenvalue weighted by atomic mass is 32.1. The molecule has 0 fully saturated rings. The van der Waals surface area contributed by atoms with Crippen molar-refractivity contribution in [2.75, 3.05) is 6.54 Å². The summed E-state index contributed by atoms with van der Waals surface area (Å²) in [6, 6.07) is 12.0. The summed E-state index contributed by atoms with van der Waals surface area (Å²) in [6.45, 7) is 2.49. The van der Waals surface area contributed by atoms with Crippen molar-refractivity contribution in [2.24, 2.45) is 0 Å². The molecule has 0 aliphatic carbocycles. The fourth-order valence-corrected chi connectivity index (χ4v) is 3.88. The average molecular weight is 348 g/mol. The number of rotatable bonds is 3. The van der Waals surface area contributed by atoms with Gasteiger partial charge in [0.2, 0.25) is 5.89 Å². The zero-order valence-corrected chi connectivity index (χ0v) is 14.4. The molecule has 0 saturated carbocycles. The molecule has 0 saturated heterocycles. The lowest BCUT2D eigenvalue weighted by atomic mass is 10.1. The van der Waals surface area contributed by atoms with Gasteiger partial charge in [-0.05, 0) is 23.6 Å². The first-order valence-corrected chi connectivity index (χ1v) is 9.18. The molecule has 3 aromatic heterocycles. The standard InChI is InChI=1S/C19H16N4OS/c1-2-5-16-15(4-1)21-18(24-16)12-23-8-7-14-13(11-23)10-20-19(22-14)17-6-3-9-25-17/h1-6,9-10H,7-8,11-12H2. The molecule has 0 unspecified atom stereocenters. The molecule has 0 amide bonds. The Labute approximate surface area is 149 Å². The largest absolute Gasteiger partial charge is 0.439 e.